The van der Waals surface area contributed by atoms with Crippen molar-refractivity contribution in [2.24, 2.45) is 0 Å². The van der Waals surface area contributed by atoms with Crippen LogP contribution in [0.5, 0.6) is 5.75 Å². The van der Waals surface area contributed by atoms with E-state index < -0.39 is 11.9 Å². The number of aryl methyl sites for hydroxylation is 1. The number of esters is 1. The van der Waals surface area contributed by atoms with Gasteiger partial charge in [0.2, 0.25) is 5.91 Å². The average molecular weight is 566 g/mol. The van der Waals surface area contributed by atoms with Gasteiger partial charge in [0.15, 0.2) is 0 Å². The fraction of sp³-hybridized carbons (Fsp3) is 0.182. The Hall–Kier alpha value is -4.74. The molecule has 4 rings (SSSR count). The lowest BCUT2D eigenvalue weighted by atomic mass is 9.82. The quantitative estimate of drug-likeness (QED) is 0.206. The third kappa shape index (κ3) is 7.68. The lowest BCUT2D eigenvalue weighted by Gasteiger charge is -2.29. The molecule has 1 atom stereocenters. The van der Waals surface area contributed by atoms with Crippen molar-refractivity contribution >= 4 is 29.3 Å². The number of ether oxygens (including phenoxy) is 2. The SMILES string of the molecule is C=CCOC(=O)C1=C(C)NC(SCC(=O)Nc2ccc(C)cc2)=C(C#N)C1c1ccc(OCc2ccccc2)cc1. The largest absolute Gasteiger partial charge is 0.489 e. The molecular formula is C33H31N3O4S. The molecule has 3 aromatic carbocycles. The van der Waals surface area contributed by atoms with Crippen LogP contribution in [0, 0.1) is 18.3 Å². The number of anilines is 1. The summed E-state index contributed by atoms with van der Waals surface area (Å²) in [6, 6.07) is 27.0. The maximum absolute atomic E-state index is 13.1. The number of nitriles is 1. The summed E-state index contributed by atoms with van der Waals surface area (Å²) in [6.07, 6.45) is 1.49. The minimum atomic E-state index is -0.690. The summed E-state index contributed by atoms with van der Waals surface area (Å²) in [5.74, 6) is -0.709. The predicted octanol–water partition coefficient (Wildman–Crippen LogP) is 6.37. The molecule has 1 amide bonds. The third-order valence-corrected chi connectivity index (χ3v) is 7.36. The van der Waals surface area contributed by atoms with Gasteiger partial charge in [0.05, 0.1) is 33.9 Å². The second-order valence-corrected chi connectivity index (χ2v) is 10.4. The molecule has 7 nitrogen and oxygen atoms in total. The van der Waals surface area contributed by atoms with E-state index in [1.54, 1.807) is 6.92 Å². The van der Waals surface area contributed by atoms with Gasteiger partial charge < -0.3 is 20.1 Å². The molecule has 8 heteroatoms. The Kier molecular flexibility index (Phi) is 10.0. The van der Waals surface area contributed by atoms with Crippen LogP contribution in [0.15, 0.2) is 113 Å². The van der Waals surface area contributed by atoms with Crippen molar-refractivity contribution < 1.29 is 19.1 Å². The lowest BCUT2D eigenvalue weighted by Crippen LogP contribution is -2.29. The molecule has 0 aliphatic carbocycles. The summed E-state index contributed by atoms with van der Waals surface area (Å²) in [5.41, 5.74) is 4.77. The van der Waals surface area contributed by atoms with Gasteiger partial charge in [0, 0.05) is 11.4 Å². The van der Waals surface area contributed by atoms with Crippen molar-refractivity contribution in [3.05, 3.63) is 130 Å². The summed E-state index contributed by atoms with van der Waals surface area (Å²) < 4.78 is 11.3. The van der Waals surface area contributed by atoms with E-state index in [0.29, 0.717) is 39.9 Å². The first-order valence-corrected chi connectivity index (χ1v) is 14.0. The standard InChI is InChI=1S/C33H31N3O4S/c1-4-18-39-33(38)30-23(3)35-32(41-21-29(37)36-26-14-10-22(2)11-15-26)28(19-34)31(30)25-12-16-27(17-13-25)40-20-24-8-6-5-7-9-24/h4-17,31,35H,1,18,20-21H2,2-3H3,(H,36,37). The number of rotatable bonds is 11. The van der Waals surface area contributed by atoms with Crippen LogP contribution in [0.3, 0.4) is 0 Å². The number of carbonyl (C=O) groups is 2. The van der Waals surface area contributed by atoms with Crippen LogP contribution < -0.4 is 15.4 Å². The van der Waals surface area contributed by atoms with E-state index in [1.807, 2.05) is 85.8 Å². The van der Waals surface area contributed by atoms with Gasteiger partial charge in [-0.3, -0.25) is 4.79 Å². The number of allylic oxidation sites excluding steroid dienone is 2. The summed E-state index contributed by atoms with van der Waals surface area (Å²) in [6.45, 7) is 7.81. The van der Waals surface area contributed by atoms with Gasteiger partial charge in [0.1, 0.15) is 19.0 Å². The van der Waals surface area contributed by atoms with E-state index in [2.05, 4.69) is 23.3 Å². The highest BCUT2D eigenvalue weighted by Crippen LogP contribution is 2.41. The van der Waals surface area contributed by atoms with Gasteiger partial charge in [-0.15, -0.1) is 0 Å². The van der Waals surface area contributed by atoms with Crippen molar-refractivity contribution in [2.45, 2.75) is 26.4 Å². The minimum absolute atomic E-state index is 0.0426. The third-order valence-electron chi connectivity index (χ3n) is 6.34. The maximum Gasteiger partial charge on any atom is 0.337 e. The van der Waals surface area contributed by atoms with E-state index in [4.69, 9.17) is 9.47 Å². The molecule has 3 aromatic rings. The lowest BCUT2D eigenvalue weighted by molar-refractivity contribution is -0.138. The van der Waals surface area contributed by atoms with Gasteiger partial charge in [0.25, 0.3) is 0 Å². The van der Waals surface area contributed by atoms with Crippen molar-refractivity contribution in [2.75, 3.05) is 17.7 Å². The van der Waals surface area contributed by atoms with Gasteiger partial charge >= 0.3 is 5.97 Å². The molecule has 1 heterocycles. The summed E-state index contributed by atoms with van der Waals surface area (Å²) in [4.78, 5) is 25.8. The van der Waals surface area contributed by atoms with Crippen LogP contribution in [0.4, 0.5) is 5.69 Å². The van der Waals surface area contributed by atoms with Crippen molar-refractivity contribution in [1.29, 1.82) is 5.26 Å². The zero-order chi connectivity index (χ0) is 29.2. The molecule has 41 heavy (non-hydrogen) atoms. The number of thioether (sulfide) groups is 1. The van der Waals surface area contributed by atoms with E-state index in [0.717, 1.165) is 16.7 Å². The zero-order valence-corrected chi connectivity index (χ0v) is 23.8. The smallest absolute Gasteiger partial charge is 0.337 e. The number of hydrogen-bond acceptors (Lipinski definition) is 7. The monoisotopic (exact) mass is 565 g/mol. The number of dihydropyridines is 1. The molecule has 0 radical (unpaired) electrons. The highest BCUT2D eigenvalue weighted by Gasteiger charge is 2.35. The van der Waals surface area contributed by atoms with E-state index >= 15 is 0 Å². The number of amides is 1. The Bertz CT molecular complexity index is 1500. The summed E-state index contributed by atoms with van der Waals surface area (Å²) >= 11 is 1.21. The number of nitrogens with zero attached hydrogens (tertiary/aromatic N) is 1. The molecule has 1 aliphatic heterocycles. The second kappa shape index (κ2) is 14.1. The van der Waals surface area contributed by atoms with Crippen LogP contribution in [0.25, 0.3) is 0 Å². The van der Waals surface area contributed by atoms with Gasteiger partial charge in [-0.1, -0.05) is 84.6 Å². The predicted molar refractivity (Wildman–Crippen MR) is 162 cm³/mol. The Morgan fingerprint density at radius 1 is 1.05 bits per heavy atom. The fourth-order valence-corrected chi connectivity index (χ4v) is 5.20. The second-order valence-electron chi connectivity index (χ2n) is 9.38. The number of nitrogens with one attached hydrogen (secondary N) is 2. The van der Waals surface area contributed by atoms with Crippen molar-refractivity contribution in [1.82, 2.24) is 5.32 Å². The maximum atomic E-state index is 13.1. The highest BCUT2D eigenvalue weighted by atomic mass is 32.2. The van der Waals surface area contributed by atoms with Crippen LogP contribution in [-0.2, 0) is 20.9 Å². The fourth-order valence-electron chi connectivity index (χ4n) is 4.31. The molecule has 0 spiro atoms. The molecule has 1 unspecified atom stereocenters. The number of hydrogen-bond donors (Lipinski definition) is 2. The summed E-state index contributed by atoms with van der Waals surface area (Å²) in [7, 11) is 0. The van der Waals surface area contributed by atoms with Gasteiger partial charge in [-0.2, -0.15) is 5.26 Å². The van der Waals surface area contributed by atoms with Crippen LogP contribution in [-0.4, -0.2) is 24.2 Å². The number of benzene rings is 3. The van der Waals surface area contributed by atoms with E-state index in [1.165, 1.54) is 17.8 Å². The Balaban J connectivity index is 1.57. The van der Waals surface area contributed by atoms with E-state index in [9.17, 15) is 14.9 Å². The van der Waals surface area contributed by atoms with Crippen LogP contribution in [0.1, 0.15) is 29.5 Å². The molecule has 0 aromatic heterocycles. The van der Waals surface area contributed by atoms with Gasteiger partial charge in [-0.05, 0) is 49.2 Å². The van der Waals surface area contributed by atoms with Crippen LogP contribution >= 0.6 is 11.8 Å². The first-order chi connectivity index (χ1) is 19.9. The van der Waals surface area contributed by atoms with Crippen molar-refractivity contribution in [3.8, 4) is 11.8 Å². The molecule has 0 saturated carbocycles. The normalized spacial score (nSPS) is 14.5. The number of carbonyl (C=O) groups excluding carboxylic acids is 2. The molecule has 0 fully saturated rings. The Morgan fingerprint density at radius 2 is 1.76 bits per heavy atom. The average Bonchev–Trinajstić information content (AvgIpc) is 2.99. The molecular weight excluding hydrogens is 534 g/mol. The molecule has 0 bridgehead atoms. The van der Waals surface area contributed by atoms with Crippen LogP contribution in [0.2, 0.25) is 0 Å². The summed E-state index contributed by atoms with van der Waals surface area (Å²) in [5, 5.41) is 16.8. The molecule has 0 saturated heterocycles. The Morgan fingerprint density at radius 3 is 2.41 bits per heavy atom. The topological polar surface area (TPSA) is 100 Å². The zero-order valence-electron chi connectivity index (χ0n) is 23.0. The molecule has 1 aliphatic rings. The van der Waals surface area contributed by atoms with Crippen molar-refractivity contribution in [3.63, 3.8) is 0 Å². The Labute approximate surface area is 244 Å². The minimum Gasteiger partial charge on any atom is -0.489 e. The first kappa shape index (κ1) is 29.2. The first-order valence-electron chi connectivity index (χ1n) is 13.1. The highest BCUT2D eigenvalue weighted by molar-refractivity contribution is 8.03. The molecule has 2 N–H and O–H groups in total. The van der Waals surface area contributed by atoms with E-state index in [-0.39, 0.29) is 18.3 Å². The molecule has 208 valence electrons. The van der Waals surface area contributed by atoms with Gasteiger partial charge in [-0.25, -0.2) is 4.79 Å².